The maximum absolute atomic E-state index is 5.91. The molecular weight excluding hydrogens is 228 g/mol. The molecule has 0 saturated heterocycles. The number of thiophene rings is 1. The number of rotatable bonds is 5. The highest BCUT2D eigenvalue weighted by atomic mass is 32.1. The molecule has 0 radical (unpaired) electrons. The average Bonchev–Trinajstić information content (AvgIpc) is 2.73. The first-order chi connectivity index (χ1) is 8.25. The summed E-state index contributed by atoms with van der Waals surface area (Å²) in [6.45, 7) is 4.50. The van der Waals surface area contributed by atoms with Crippen LogP contribution in [-0.4, -0.2) is 19.1 Å². The lowest BCUT2D eigenvalue weighted by molar-refractivity contribution is 0.315. The maximum atomic E-state index is 5.91. The van der Waals surface area contributed by atoms with Gasteiger partial charge in [0, 0.05) is 10.9 Å². The third-order valence-electron chi connectivity index (χ3n) is 3.82. The van der Waals surface area contributed by atoms with Crippen LogP contribution in [-0.2, 0) is 6.42 Å². The minimum absolute atomic E-state index is 0.472. The third kappa shape index (κ3) is 4.09. The summed E-state index contributed by atoms with van der Waals surface area (Å²) in [6.07, 6.45) is 6.24. The first-order valence-corrected chi connectivity index (χ1v) is 7.63. The second-order valence-corrected chi connectivity index (χ2v) is 6.26. The Morgan fingerprint density at radius 1 is 1.35 bits per heavy atom. The van der Waals surface area contributed by atoms with Crippen molar-refractivity contribution in [3.05, 3.63) is 21.9 Å². The normalized spacial score (nSPS) is 25.1. The van der Waals surface area contributed by atoms with E-state index in [4.69, 9.17) is 5.73 Å². The van der Waals surface area contributed by atoms with Gasteiger partial charge in [0.2, 0.25) is 0 Å². The molecule has 0 unspecified atom stereocenters. The lowest BCUT2D eigenvalue weighted by Crippen LogP contribution is -2.32. The molecule has 96 valence electrons. The third-order valence-corrected chi connectivity index (χ3v) is 4.90. The summed E-state index contributed by atoms with van der Waals surface area (Å²) in [6, 6.07) is 2.68. The van der Waals surface area contributed by atoms with E-state index in [1.807, 2.05) is 11.3 Å². The van der Waals surface area contributed by atoms with E-state index in [9.17, 15) is 0 Å². The van der Waals surface area contributed by atoms with Crippen molar-refractivity contribution in [1.29, 1.82) is 0 Å². The average molecular weight is 252 g/mol. The molecule has 2 nitrogen and oxygen atoms in total. The highest BCUT2D eigenvalue weighted by molar-refractivity contribution is 7.10. The summed E-state index contributed by atoms with van der Waals surface area (Å²) in [7, 11) is 0. The molecule has 3 heteroatoms. The fourth-order valence-electron chi connectivity index (χ4n) is 2.56. The van der Waals surface area contributed by atoms with Gasteiger partial charge >= 0.3 is 0 Å². The predicted molar refractivity (Wildman–Crippen MR) is 75.6 cm³/mol. The van der Waals surface area contributed by atoms with E-state index in [0.29, 0.717) is 6.04 Å². The van der Waals surface area contributed by atoms with Crippen LogP contribution < -0.4 is 11.1 Å². The molecule has 0 aromatic carbocycles. The number of hydrogen-bond acceptors (Lipinski definition) is 3. The molecule has 1 aliphatic carbocycles. The van der Waals surface area contributed by atoms with Gasteiger partial charge in [-0.15, -0.1) is 11.3 Å². The van der Waals surface area contributed by atoms with Crippen LogP contribution in [0.3, 0.4) is 0 Å². The summed E-state index contributed by atoms with van der Waals surface area (Å²) in [4.78, 5) is 1.53. The van der Waals surface area contributed by atoms with Gasteiger partial charge in [-0.1, -0.05) is 0 Å². The van der Waals surface area contributed by atoms with E-state index in [2.05, 4.69) is 23.7 Å². The van der Waals surface area contributed by atoms with E-state index in [1.54, 1.807) is 0 Å². The van der Waals surface area contributed by atoms with Crippen LogP contribution in [0.2, 0.25) is 0 Å². The van der Waals surface area contributed by atoms with Gasteiger partial charge < -0.3 is 11.1 Å². The Bertz CT molecular complexity index is 327. The zero-order valence-electron chi connectivity index (χ0n) is 10.7. The molecule has 17 heavy (non-hydrogen) atoms. The number of nitrogens with two attached hydrogens (primary N) is 1. The molecule has 3 N–H and O–H groups in total. The van der Waals surface area contributed by atoms with Crippen molar-refractivity contribution in [2.75, 3.05) is 13.1 Å². The molecular formula is C14H24N2S. The van der Waals surface area contributed by atoms with Crippen LogP contribution in [0.25, 0.3) is 0 Å². The van der Waals surface area contributed by atoms with Crippen LogP contribution in [0.5, 0.6) is 0 Å². The summed E-state index contributed by atoms with van der Waals surface area (Å²) in [5, 5.41) is 5.79. The molecule has 1 heterocycles. The molecule has 1 aromatic heterocycles. The van der Waals surface area contributed by atoms with Crippen molar-refractivity contribution in [1.82, 2.24) is 5.32 Å². The second kappa shape index (κ2) is 6.53. The Hall–Kier alpha value is -0.380. The molecule has 0 amide bonds. The Balaban J connectivity index is 1.59. The summed E-state index contributed by atoms with van der Waals surface area (Å²) in [5.41, 5.74) is 7.36. The van der Waals surface area contributed by atoms with Gasteiger partial charge in [-0.3, -0.25) is 0 Å². The zero-order chi connectivity index (χ0) is 12.1. The zero-order valence-corrected chi connectivity index (χ0v) is 11.6. The summed E-state index contributed by atoms with van der Waals surface area (Å²) in [5.74, 6) is 0.860. The number of hydrogen-bond donors (Lipinski definition) is 2. The molecule has 1 aromatic rings. The lowest BCUT2D eigenvalue weighted by atomic mass is 9.86. The van der Waals surface area contributed by atoms with Gasteiger partial charge in [-0.05, 0) is 75.0 Å². The quantitative estimate of drug-likeness (QED) is 0.791. The molecule has 1 aliphatic rings. The molecule has 0 aliphatic heterocycles. The monoisotopic (exact) mass is 252 g/mol. The van der Waals surface area contributed by atoms with Crippen molar-refractivity contribution < 1.29 is 0 Å². The van der Waals surface area contributed by atoms with Crippen LogP contribution in [0.1, 0.15) is 36.1 Å². The van der Waals surface area contributed by atoms with Crippen LogP contribution >= 0.6 is 11.3 Å². The van der Waals surface area contributed by atoms with Gasteiger partial charge in [0.25, 0.3) is 0 Å². The van der Waals surface area contributed by atoms with Crippen LogP contribution in [0.4, 0.5) is 0 Å². The lowest BCUT2D eigenvalue weighted by Gasteiger charge is -2.26. The Labute approximate surface area is 109 Å². The Morgan fingerprint density at radius 3 is 2.76 bits per heavy atom. The van der Waals surface area contributed by atoms with E-state index < -0.39 is 0 Å². The van der Waals surface area contributed by atoms with Crippen molar-refractivity contribution in [2.45, 2.75) is 45.1 Å². The highest BCUT2D eigenvalue weighted by Gasteiger charge is 2.17. The molecule has 0 atom stereocenters. The smallest absolute Gasteiger partial charge is 0.00870 e. The summed E-state index contributed by atoms with van der Waals surface area (Å²) >= 11 is 1.88. The summed E-state index contributed by atoms with van der Waals surface area (Å²) < 4.78 is 0. The first-order valence-electron chi connectivity index (χ1n) is 6.75. The molecule has 0 spiro atoms. The molecule has 2 rings (SSSR count). The Morgan fingerprint density at radius 2 is 2.12 bits per heavy atom. The van der Waals surface area contributed by atoms with Crippen molar-refractivity contribution >= 4 is 11.3 Å². The molecule has 1 fully saturated rings. The highest BCUT2D eigenvalue weighted by Crippen LogP contribution is 2.22. The topological polar surface area (TPSA) is 38.0 Å². The van der Waals surface area contributed by atoms with Crippen LogP contribution in [0, 0.1) is 12.8 Å². The molecule has 0 bridgehead atoms. The van der Waals surface area contributed by atoms with E-state index in [-0.39, 0.29) is 0 Å². The second-order valence-electron chi connectivity index (χ2n) is 5.26. The largest absolute Gasteiger partial charge is 0.328 e. The Kier molecular flexibility index (Phi) is 5.01. The SMILES string of the molecule is Cc1ccsc1CCNCC1CCC(N)CC1. The standard InChI is InChI=1S/C14H24N2S/c1-11-7-9-17-14(11)6-8-16-10-12-2-4-13(15)5-3-12/h7,9,12-13,16H,2-6,8,10,15H2,1H3. The van der Waals surface area contributed by atoms with Crippen molar-refractivity contribution in [3.8, 4) is 0 Å². The van der Waals surface area contributed by atoms with E-state index in [0.717, 1.165) is 12.5 Å². The van der Waals surface area contributed by atoms with Crippen LogP contribution in [0.15, 0.2) is 11.4 Å². The van der Waals surface area contributed by atoms with Gasteiger partial charge in [0.05, 0.1) is 0 Å². The fourth-order valence-corrected chi connectivity index (χ4v) is 3.47. The van der Waals surface area contributed by atoms with E-state index >= 15 is 0 Å². The van der Waals surface area contributed by atoms with E-state index in [1.165, 1.54) is 49.1 Å². The fraction of sp³-hybridized carbons (Fsp3) is 0.714. The first kappa shape index (κ1) is 13.1. The van der Waals surface area contributed by atoms with Crippen molar-refractivity contribution in [2.24, 2.45) is 11.7 Å². The minimum atomic E-state index is 0.472. The molecule has 1 saturated carbocycles. The van der Waals surface area contributed by atoms with Gasteiger partial charge in [0.15, 0.2) is 0 Å². The number of nitrogens with one attached hydrogen (secondary N) is 1. The van der Waals surface area contributed by atoms with Gasteiger partial charge in [-0.2, -0.15) is 0 Å². The maximum Gasteiger partial charge on any atom is 0.00870 e. The van der Waals surface area contributed by atoms with Gasteiger partial charge in [0.1, 0.15) is 0 Å². The van der Waals surface area contributed by atoms with Crippen molar-refractivity contribution in [3.63, 3.8) is 0 Å². The minimum Gasteiger partial charge on any atom is -0.328 e. The number of aryl methyl sites for hydroxylation is 1. The predicted octanol–water partition coefficient (Wildman–Crippen LogP) is 2.71. The van der Waals surface area contributed by atoms with Gasteiger partial charge in [-0.25, -0.2) is 0 Å².